The molecule has 1 aliphatic heterocycles. The third-order valence-corrected chi connectivity index (χ3v) is 9.31. The van der Waals surface area contributed by atoms with Crippen LogP contribution in [0.4, 0.5) is 0 Å². The molecule has 2 aliphatic rings. The van der Waals surface area contributed by atoms with Crippen LogP contribution in [-0.2, 0) is 22.1 Å². The predicted molar refractivity (Wildman–Crippen MR) is 144 cm³/mol. The number of rotatable bonds is 6. The Morgan fingerprint density at radius 3 is 2.54 bits per heavy atom. The van der Waals surface area contributed by atoms with E-state index in [-0.39, 0.29) is 11.8 Å². The van der Waals surface area contributed by atoms with Crippen LogP contribution >= 0.6 is 34.2 Å². The van der Waals surface area contributed by atoms with Crippen LogP contribution < -0.4 is 5.32 Å². The lowest BCUT2D eigenvalue weighted by Crippen LogP contribution is -2.47. The summed E-state index contributed by atoms with van der Waals surface area (Å²) in [6.45, 7) is 0.909. The molecule has 2 atom stereocenters. The number of nitrogens with one attached hydrogen (secondary N) is 1. The van der Waals surface area contributed by atoms with Gasteiger partial charge in [0, 0.05) is 34.5 Å². The zero-order chi connectivity index (χ0) is 24.7. The molecule has 2 unspecified atom stereocenters. The van der Waals surface area contributed by atoms with Gasteiger partial charge in [-0.3, -0.25) is 9.59 Å². The van der Waals surface area contributed by atoms with E-state index in [2.05, 4.69) is 27.9 Å². The van der Waals surface area contributed by atoms with Crippen LogP contribution in [0.1, 0.15) is 59.6 Å². The molecule has 2 N–H and O–H groups in total. The lowest BCUT2D eigenvalue weighted by atomic mass is 9.82. The van der Waals surface area contributed by atoms with Crippen LogP contribution in [0.25, 0.3) is 10.9 Å². The van der Waals surface area contributed by atoms with E-state index in [1.165, 1.54) is 0 Å². The number of carbonyl (C=O) groups excluding carboxylic acids is 1. The number of ether oxygens (including phenoxy) is 1. The number of carboxylic acids is 1. The first-order chi connectivity index (χ1) is 16.8. The predicted octanol–water partition coefficient (Wildman–Crippen LogP) is 5.84. The Kier molecular flexibility index (Phi) is 6.85. The Morgan fingerprint density at radius 2 is 1.91 bits per heavy atom. The molecular formula is C27H28ClIN2O4. The molecule has 2 heterocycles. The fourth-order valence-corrected chi connectivity index (χ4v) is 6.41. The van der Waals surface area contributed by atoms with E-state index in [1.807, 2.05) is 54.1 Å². The van der Waals surface area contributed by atoms with Crippen molar-refractivity contribution in [2.45, 2.75) is 43.6 Å². The Hall–Kier alpha value is -2.10. The Labute approximate surface area is 223 Å². The van der Waals surface area contributed by atoms with E-state index < -0.39 is 17.4 Å². The topological polar surface area (TPSA) is 80.6 Å². The fourth-order valence-electron chi connectivity index (χ4n) is 5.73. The number of hydrogen-bond acceptors (Lipinski definition) is 3. The molecule has 8 heteroatoms. The van der Waals surface area contributed by atoms with Gasteiger partial charge in [-0.1, -0.05) is 48.7 Å². The van der Waals surface area contributed by atoms with Gasteiger partial charge in [0.2, 0.25) is 0 Å². The van der Waals surface area contributed by atoms with Gasteiger partial charge < -0.3 is 19.7 Å². The summed E-state index contributed by atoms with van der Waals surface area (Å²) in [6.07, 6.45) is 4.75. The van der Waals surface area contributed by atoms with Gasteiger partial charge in [0.25, 0.3) is 5.91 Å². The molecule has 2 fully saturated rings. The van der Waals surface area contributed by atoms with Crippen molar-refractivity contribution in [3.63, 3.8) is 0 Å². The van der Waals surface area contributed by atoms with Crippen LogP contribution in [0.5, 0.6) is 0 Å². The van der Waals surface area contributed by atoms with Gasteiger partial charge >= 0.3 is 5.97 Å². The maximum Gasteiger partial charge on any atom is 0.311 e. The summed E-state index contributed by atoms with van der Waals surface area (Å²) in [5.74, 6) is -1.26. The van der Waals surface area contributed by atoms with Crippen molar-refractivity contribution in [1.29, 1.82) is 0 Å². The molecule has 35 heavy (non-hydrogen) atoms. The second-order valence-electron chi connectivity index (χ2n) is 9.70. The van der Waals surface area contributed by atoms with E-state index in [9.17, 15) is 14.7 Å². The molecule has 0 bridgehead atoms. The summed E-state index contributed by atoms with van der Waals surface area (Å²) in [6, 6.07) is 13.5. The quantitative estimate of drug-likeness (QED) is 0.346. The number of halogens is 2. The summed E-state index contributed by atoms with van der Waals surface area (Å²) in [5.41, 5.74) is 2.50. The summed E-state index contributed by atoms with van der Waals surface area (Å²) < 4.78 is 8.53. The number of aryl methyl sites for hydroxylation is 1. The highest BCUT2D eigenvalue weighted by Crippen LogP contribution is 2.39. The summed E-state index contributed by atoms with van der Waals surface area (Å²) in [7, 11) is 1.86. The zero-order valence-corrected chi connectivity index (χ0v) is 22.4. The number of aromatic nitrogens is 1. The number of benzene rings is 2. The van der Waals surface area contributed by atoms with Crippen LogP contribution in [0.15, 0.2) is 42.5 Å². The molecule has 184 valence electrons. The molecule has 1 aromatic heterocycles. The molecule has 1 aliphatic carbocycles. The van der Waals surface area contributed by atoms with E-state index >= 15 is 0 Å². The van der Waals surface area contributed by atoms with Gasteiger partial charge in [0.05, 0.1) is 23.1 Å². The maximum atomic E-state index is 13.5. The summed E-state index contributed by atoms with van der Waals surface area (Å²) in [5, 5.41) is 14.6. The highest BCUT2D eigenvalue weighted by Gasteiger charge is 2.39. The first-order valence-electron chi connectivity index (χ1n) is 12.0. The Balaban J connectivity index is 1.44. The molecule has 3 aromatic rings. The average molecular weight is 607 g/mol. The van der Waals surface area contributed by atoms with E-state index in [0.717, 1.165) is 51.3 Å². The van der Waals surface area contributed by atoms with Crippen LogP contribution in [0, 0.1) is 9.49 Å². The monoisotopic (exact) mass is 606 g/mol. The molecule has 2 aromatic carbocycles. The third kappa shape index (κ3) is 4.47. The van der Waals surface area contributed by atoms with Crippen LogP contribution in [-0.4, -0.2) is 34.8 Å². The number of carboxylic acid groups (broad SMARTS) is 1. The van der Waals surface area contributed by atoms with E-state index in [1.54, 1.807) is 0 Å². The number of carbonyl (C=O) groups is 2. The molecule has 0 radical (unpaired) electrons. The van der Waals surface area contributed by atoms with Gasteiger partial charge in [-0.05, 0) is 70.7 Å². The molecule has 1 saturated carbocycles. The SMILES string of the molecule is Cn1c(C(=O)NC2(c3ccc(C(C(=O)O)C4CCCC4)cc3)CCOC2)cc2c(Cl)c(I)ccc21. The minimum Gasteiger partial charge on any atom is -0.481 e. The highest BCUT2D eigenvalue weighted by atomic mass is 127. The summed E-state index contributed by atoms with van der Waals surface area (Å²) >= 11 is 8.69. The zero-order valence-electron chi connectivity index (χ0n) is 19.5. The van der Waals surface area contributed by atoms with Crippen molar-refractivity contribution in [2.24, 2.45) is 13.0 Å². The normalized spacial score (nSPS) is 21.5. The number of fused-ring (bicyclic) bond motifs is 1. The first kappa shape index (κ1) is 24.6. The van der Waals surface area contributed by atoms with Gasteiger partial charge in [-0.25, -0.2) is 0 Å². The highest BCUT2D eigenvalue weighted by molar-refractivity contribution is 14.1. The Morgan fingerprint density at radius 1 is 1.20 bits per heavy atom. The lowest BCUT2D eigenvalue weighted by molar-refractivity contribution is -0.140. The van der Waals surface area contributed by atoms with Crippen molar-refractivity contribution >= 4 is 57.0 Å². The smallest absolute Gasteiger partial charge is 0.311 e. The van der Waals surface area contributed by atoms with E-state index in [0.29, 0.717) is 30.4 Å². The van der Waals surface area contributed by atoms with Crippen molar-refractivity contribution in [3.8, 4) is 0 Å². The minimum atomic E-state index is -0.763. The van der Waals surface area contributed by atoms with Crippen molar-refractivity contribution < 1.29 is 19.4 Å². The maximum absolute atomic E-state index is 13.5. The number of amides is 1. The molecule has 1 saturated heterocycles. The number of aliphatic carboxylic acids is 1. The number of nitrogens with zero attached hydrogens (tertiary/aromatic N) is 1. The third-order valence-electron chi connectivity index (χ3n) is 7.68. The van der Waals surface area contributed by atoms with E-state index in [4.69, 9.17) is 16.3 Å². The van der Waals surface area contributed by atoms with Crippen molar-refractivity contribution in [2.75, 3.05) is 13.2 Å². The lowest BCUT2D eigenvalue weighted by Gasteiger charge is -2.30. The van der Waals surface area contributed by atoms with Gasteiger partial charge in [-0.15, -0.1) is 0 Å². The van der Waals surface area contributed by atoms with Crippen LogP contribution in [0.2, 0.25) is 5.02 Å². The Bertz CT molecular complexity index is 1270. The largest absolute Gasteiger partial charge is 0.481 e. The molecule has 0 spiro atoms. The second-order valence-corrected chi connectivity index (χ2v) is 11.2. The number of hydrogen-bond donors (Lipinski definition) is 2. The van der Waals surface area contributed by atoms with Gasteiger partial charge in [-0.2, -0.15) is 0 Å². The molecule has 5 rings (SSSR count). The second kappa shape index (κ2) is 9.75. The minimum absolute atomic E-state index is 0.184. The van der Waals surface area contributed by atoms with Crippen molar-refractivity contribution in [3.05, 3.63) is 67.9 Å². The fraction of sp³-hybridized carbons (Fsp3) is 0.407. The summed E-state index contributed by atoms with van der Waals surface area (Å²) in [4.78, 5) is 25.5. The average Bonchev–Trinajstić information content (AvgIpc) is 3.59. The van der Waals surface area contributed by atoms with Gasteiger partial charge in [0.1, 0.15) is 5.69 Å². The molecule has 6 nitrogen and oxygen atoms in total. The van der Waals surface area contributed by atoms with Gasteiger partial charge in [0.15, 0.2) is 0 Å². The first-order valence-corrected chi connectivity index (χ1v) is 13.4. The standard InChI is InChI=1S/C27H28ClIN2O4/c1-31-21-11-10-20(29)24(28)19(21)14-22(31)25(32)30-27(12-13-35-15-27)18-8-6-17(7-9-18)23(26(33)34)16-4-2-3-5-16/h6-11,14,16,23H,2-5,12-13,15H2,1H3,(H,30,32)(H,33,34). The van der Waals surface area contributed by atoms with Crippen molar-refractivity contribution in [1.82, 2.24) is 9.88 Å². The molecule has 1 amide bonds. The van der Waals surface area contributed by atoms with Crippen LogP contribution in [0.3, 0.4) is 0 Å². The molecular weight excluding hydrogens is 579 g/mol.